The Hall–Kier alpha value is -5.99. The Labute approximate surface area is 296 Å². The number of H-pyrrole nitrogens is 1. The predicted octanol–water partition coefficient (Wildman–Crippen LogP) is 4.36. The molecular formula is C32H34F7N7O7. The van der Waals surface area contributed by atoms with Gasteiger partial charge in [-0.15, -0.1) is 5.10 Å². The number of benzene rings is 2. The van der Waals surface area contributed by atoms with E-state index in [4.69, 9.17) is 40.4 Å². The highest BCUT2D eigenvalue weighted by Crippen LogP contribution is 2.36. The maximum Gasteiger partial charge on any atom is 0.490 e. The molecule has 0 spiro atoms. The van der Waals surface area contributed by atoms with Crippen molar-refractivity contribution >= 4 is 17.8 Å². The number of amidine groups is 1. The van der Waals surface area contributed by atoms with E-state index < -0.39 is 41.7 Å². The lowest BCUT2D eigenvalue weighted by Crippen LogP contribution is -2.28. The van der Waals surface area contributed by atoms with Crippen LogP contribution in [0.3, 0.4) is 0 Å². The summed E-state index contributed by atoms with van der Waals surface area (Å²) in [4.78, 5) is 39.6. The van der Waals surface area contributed by atoms with Gasteiger partial charge in [-0.05, 0) is 51.2 Å². The number of halogens is 7. The quantitative estimate of drug-likeness (QED) is 0.0824. The molecule has 14 nitrogen and oxygen atoms in total. The predicted molar refractivity (Wildman–Crippen MR) is 174 cm³/mol. The number of aliphatic carboxylic acids is 2. The van der Waals surface area contributed by atoms with Crippen LogP contribution in [0.15, 0.2) is 65.6 Å². The van der Waals surface area contributed by atoms with Gasteiger partial charge in [0.15, 0.2) is 17.4 Å². The van der Waals surface area contributed by atoms with E-state index >= 15 is 4.39 Å². The number of aromatic amines is 1. The molecule has 0 amide bonds. The second kappa shape index (κ2) is 18.5. The number of carboxylic acids is 2. The fourth-order valence-electron chi connectivity index (χ4n) is 4.36. The molecule has 0 fully saturated rings. The summed E-state index contributed by atoms with van der Waals surface area (Å²) >= 11 is 0. The highest BCUT2D eigenvalue weighted by atomic mass is 19.4. The van der Waals surface area contributed by atoms with Gasteiger partial charge < -0.3 is 30.3 Å². The Morgan fingerprint density at radius 1 is 1.02 bits per heavy atom. The van der Waals surface area contributed by atoms with E-state index in [-0.39, 0.29) is 35.5 Å². The number of carbonyl (C=O) groups is 2. The largest absolute Gasteiger partial charge is 0.497 e. The fourth-order valence-corrected chi connectivity index (χ4v) is 4.36. The molecule has 53 heavy (non-hydrogen) atoms. The van der Waals surface area contributed by atoms with Crippen LogP contribution in [-0.2, 0) is 16.0 Å². The summed E-state index contributed by atoms with van der Waals surface area (Å²) in [6, 6.07) is 15.3. The Balaban J connectivity index is 0.000000587. The van der Waals surface area contributed by atoms with E-state index in [1.807, 2.05) is 38.1 Å². The zero-order valence-corrected chi connectivity index (χ0v) is 28.3. The molecule has 0 saturated carbocycles. The third-order valence-corrected chi connectivity index (χ3v) is 6.62. The number of carboxylic acid groups (broad SMARTS) is 2. The van der Waals surface area contributed by atoms with Gasteiger partial charge >= 0.3 is 30.0 Å². The molecule has 2 aromatic carbocycles. The number of nitrogen functional groups attached to an aromatic ring is 1. The molecule has 0 saturated heterocycles. The van der Waals surface area contributed by atoms with Crippen molar-refractivity contribution in [2.45, 2.75) is 37.7 Å². The first kappa shape index (κ1) is 43.2. The maximum atomic E-state index is 16.1. The molecular weight excluding hydrogens is 727 g/mol. The number of hydrogen-bond donors (Lipinski definition) is 5. The van der Waals surface area contributed by atoms with E-state index in [1.54, 1.807) is 42.6 Å². The normalized spacial score (nSPS) is 12.4. The van der Waals surface area contributed by atoms with Gasteiger partial charge in [0.05, 0.1) is 13.0 Å². The fraction of sp³-hybridized carbons (Fsp3) is 0.312. The van der Waals surface area contributed by atoms with Crippen LogP contribution in [0.1, 0.15) is 35.4 Å². The van der Waals surface area contributed by atoms with Crippen molar-refractivity contribution in [3.63, 3.8) is 0 Å². The van der Waals surface area contributed by atoms with E-state index in [9.17, 15) is 31.1 Å². The number of methoxy groups -OCH3 is 1. The minimum atomic E-state index is -5.08. The number of ether oxygens (including phenoxy) is 2. The first-order chi connectivity index (χ1) is 24.5. The smallest absolute Gasteiger partial charge is 0.490 e. The summed E-state index contributed by atoms with van der Waals surface area (Å²) in [6.45, 7) is 2.44. The summed E-state index contributed by atoms with van der Waals surface area (Å²) in [5, 5.41) is 26.4. The van der Waals surface area contributed by atoms with Crippen molar-refractivity contribution in [2.24, 2.45) is 5.73 Å². The lowest BCUT2D eigenvalue weighted by atomic mass is 9.90. The Morgan fingerprint density at radius 2 is 1.58 bits per heavy atom. The van der Waals surface area contributed by atoms with Gasteiger partial charge in [-0.25, -0.2) is 23.8 Å². The number of hydrogen-bond acceptors (Lipinski definition) is 9. The summed E-state index contributed by atoms with van der Waals surface area (Å²) in [6.07, 6.45) is -8.62. The van der Waals surface area contributed by atoms with Crippen molar-refractivity contribution in [3.8, 4) is 17.3 Å². The van der Waals surface area contributed by atoms with Crippen LogP contribution in [-0.4, -0.2) is 98.8 Å². The van der Waals surface area contributed by atoms with Crippen molar-refractivity contribution in [1.82, 2.24) is 24.6 Å². The average molecular weight is 762 g/mol. The second-order valence-electron chi connectivity index (χ2n) is 11.1. The molecule has 21 heteroatoms. The van der Waals surface area contributed by atoms with E-state index in [0.717, 1.165) is 10.2 Å². The van der Waals surface area contributed by atoms with Crippen molar-refractivity contribution < 1.29 is 60.0 Å². The number of nitrogens with one attached hydrogen (secondary N) is 2. The minimum absolute atomic E-state index is 0.0436. The average Bonchev–Trinajstić information content (AvgIpc) is 3.45. The monoisotopic (exact) mass is 761 g/mol. The molecule has 2 atom stereocenters. The topological polar surface area (TPSA) is 210 Å². The summed E-state index contributed by atoms with van der Waals surface area (Å²) in [7, 11) is 5.32. The number of nitrogens with two attached hydrogens (primary N) is 1. The van der Waals surface area contributed by atoms with Gasteiger partial charge in [0.2, 0.25) is 0 Å². The maximum absolute atomic E-state index is 16.1. The number of likely N-dealkylation sites (N-methyl/N-ethyl adjacent to an activating group) is 1. The molecule has 0 aliphatic rings. The minimum Gasteiger partial charge on any atom is -0.497 e. The number of nitrogens with zero attached hydrogens (tertiary/aromatic N) is 4. The first-order valence-electron chi connectivity index (χ1n) is 14.9. The first-order valence-corrected chi connectivity index (χ1v) is 14.9. The van der Waals surface area contributed by atoms with Crippen LogP contribution >= 0.6 is 0 Å². The summed E-state index contributed by atoms with van der Waals surface area (Å²) in [5.74, 6) is -5.82. The van der Waals surface area contributed by atoms with Crippen molar-refractivity contribution in [1.29, 1.82) is 5.41 Å². The third kappa shape index (κ3) is 13.3. The zero-order valence-electron chi connectivity index (χ0n) is 28.3. The third-order valence-electron chi connectivity index (χ3n) is 6.62. The molecule has 0 radical (unpaired) electrons. The Bertz CT molecular complexity index is 1870. The van der Waals surface area contributed by atoms with Gasteiger partial charge in [-0.3, -0.25) is 10.4 Å². The molecule has 288 valence electrons. The Kier molecular flexibility index (Phi) is 15.1. The number of rotatable bonds is 11. The molecule has 4 aromatic rings. The van der Waals surface area contributed by atoms with Crippen LogP contribution in [0.4, 0.5) is 30.7 Å². The number of alkyl halides is 6. The lowest BCUT2D eigenvalue weighted by molar-refractivity contribution is -0.193. The van der Waals surface area contributed by atoms with Crippen LogP contribution in [0, 0.1) is 11.2 Å². The molecule has 0 bridgehead atoms. The molecule has 6 N–H and O–H groups in total. The summed E-state index contributed by atoms with van der Waals surface area (Å²) in [5.41, 5.74) is 6.75. The van der Waals surface area contributed by atoms with E-state index in [1.165, 1.54) is 13.2 Å². The molecule has 4 rings (SSSR count). The van der Waals surface area contributed by atoms with Crippen molar-refractivity contribution in [3.05, 3.63) is 99.6 Å². The van der Waals surface area contributed by atoms with Crippen LogP contribution < -0.4 is 20.9 Å². The van der Waals surface area contributed by atoms with Gasteiger partial charge in [0, 0.05) is 29.9 Å². The van der Waals surface area contributed by atoms with E-state index in [0.29, 0.717) is 23.7 Å². The lowest BCUT2D eigenvalue weighted by Gasteiger charge is -2.22. The molecule has 2 heterocycles. The van der Waals surface area contributed by atoms with Gasteiger partial charge in [-0.1, -0.05) is 30.3 Å². The molecule has 2 unspecified atom stereocenters. The van der Waals surface area contributed by atoms with Crippen molar-refractivity contribution in [2.75, 3.05) is 27.7 Å². The molecule has 0 aliphatic heterocycles. The second-order valence-corrected chi connectivity index (χ2v) is 11.1. The highest BCUT2D eigenvalue weighted by Gasteiger charge is 2.39. The van der Waals surface area contributed by atoms with Gasteiger partial charge in [0.25, 0.3) is 0 Å². The summed E-state index contributed by atoms with van der Waals surface area (Å²) < 4.78 is 92.2. The van der Waals surface area contributed by atoms with Crippen LogP contribution in [0.25, 0.3) is 5.82 Å². The molecule has 0 aliphatic carbocycles. The van der Waals surface area contributed by atoms with Gasteiger partial charge in [0.1, 0.15) is 23.5 Å². The Morgan fingerprint density at radius 3 is 2.04 bits per heavy atom. The highest BCUT2D eigenvalue weighted by molar-refractivity contribution is 5.94. The standard InChI is InChI=1S/C28H32FN7O3.2C2HF3O2/c1-17(16-35(2)3)39-23-15-20(38-4)14-21(25(23)29)22(13-18-8-10-19(11-9-18)26(30)31)27-33-28(37)36(34-27)24-7-5-6-12-32-24;2*3-2(4,5)1(6)7/h5-12,14-15,17,22H,13,16H2,1-4H3,(H3,30,31)(H,33,34,37);2*(H,6,7). The SMILES string of the molecule is COc1cc(OC(C)CN(C)C)c(F)c(C(Cc2ccc(C(=N)N)cc2)c2nn(-c3ccccn3)c(=O)[nH]2)c1.O=C(O)C(F)(F)F.O=C(O)C(F)(F)F. The van der Waals surface area contributed by atoms with E-state index in [2.05, 4.69) is 15.1 Å². The van der Waals surface area contributed by atoms with Crippen LogP contribution in [0.2, 0.25) is 0 Å². The zero-order chi connectivity index (χ0) is 40.3. The number of aromatic nitrogens is 4. The van der Waals surface area contributed by atoms with Crippen LogP contribution in [0.5, 0.6) is 11.5 Å². The number of pyridine rings is 1. The molecule has 2 aromatic heterocycles. The van der Waals surface area contributed by atoms with Gasteiger partial charge in [-0.2, -0.15) is 31.0 Å².